The molecule has 0 unspecified atom stereocenters. The highest BCUT2D eigenvalue weighted by Gasteiger charge is 2.23. The fourth-order valence-corrected chi connectivity index (χ4v) is 5.19. The number of alkyl carbamates (subject to hydrolysis) is 1. The molecule has 0 saturated heterocycles. The van der Waals surface area contributed by atoms with Crippen molar-refractivity contribution in [3.63, 3.8) is 0 Å². The molecule has 0 atom stereocenters. The number of aromatic nitrogens is 1. The maximum atomic E-state index is 13.4. The minimum absolute atomic E-state index is 0.00649. The number of nitrogens with one attached hydrogen (secondary N) is 2. The van der Waals surface area contributed by atoms with E-state index in [2.05, 4.69) is 24.5 Å². The fraction of sp³-hybridized carbons (Fsp3) is 0.406. The number of amides is 2. The second kappa shape index (κ2) is 12.9. The lowest BCUT2D eigenvalue weighted by atomic mass is 9.88. The monoisotopic (exact) mass is 579 g/mol. The van der Waals surface area contributed by atoms with Crippen molar-refractivity contribution in [2.45, 2.75) is 78.3 Å². The van der Waals surface area contributed by atoms with E-state index in [0.717, 1.165) is 45.5 Å². The first-order valence-corrected chi connectivity index (χ1v) is 15.6. The van der Waals surface area contributed by atoms with Crippen molar-refractivity contribution in [1.82, 2.24) is 10.3 Å². The maximum Gasteiger partial charge on any atom is 0.407 e. The Hall–Kier alpha value is -3.72. The van der Waals surface area contributed by atoms with Gasteiger partial charge in [-0.2, -0.15) is 0 Å². The molecule has 1 aromatic heterocycles. The lowest BCUT2D eigenvalue weighted by molar-refractivity contribution is -0.115. The van der Waals surface area contributed by atoms with Crippen molar-refractivity contribution in [3.8, 4) is 11.1 Å². The number of pyridine rings is 1. The molecule has 1 heterocycles. The van der Waals surface area contributed by atoms with Gasteiger partial charge in [-0.25, -0.2) is 13.2 Å². The minimum Gasteiger partial charge on any atom is -0.444 e. The predicted octanol–water partition coefficient (Wildman–Crippen LogP) is 6.17. The zero-order chi connectivity index (χ0) is 30.5. The standard InChI is InChI=1S/C32H41N3O5S/c1-20(2)16-28-27(19-33-31(37)40-32(5,6)7)30(23-14-12-21(3)13-15-23)26(22(4)34-28)18-29(36)35-24-10-9-11-25(17-24)41(8,38)39/h9-15,17,20H,16,18-19H2,1-8H3,(H,33,37)(H,35,36). The summed E-state index contributed by atoms with van der Waals surface area (Å²) in [6.07, 6.45) is 1.29. The molecule has 0 aliphatic carbocycles. The van der Waals surface area contributed by atoms with Crippen LogP contribution in [0.2, 0.25) is 0 Å². The van der Waals surface area contributed by atoms with Gasteiger partial charge in [0, 0.05) is 35.4 Å². The Morgan fingerprint density at radius 3 is 2.24 bits per heavy atom. The molecule has 0 saturated carbocycles. The topological polar surface area (TPSA) is 114 Å². The third-order valence-electron chi connectivity index (χ3n) is 6.32. The lowest BCUT2D eigenvalue weighted by Gasteiger charge is -2.23. The molecule has 8 nitrogen and oxygen atoms in total. The summed E-state index contributed by atoms with van der Waals surface area (Å²) in [5.41, 5.74) is 5.75. The van der Waals surface area contributed by atoms with Crippen LogP contribution in [-0.4, -0.2) is 37.3 Å². The Labute approximate surface area is 243 Å². The molecule has 0 aliphatic rings. The van der Waals surface area contributed by atoms with Gasteiger partial charge >= 0.3 is 6.09 Å². The molecule has 2 N–H and O–H groups in total. The molecule has 220 valence electrons. The summed E-state index contributed by atoms with van der Waals surface area (Å²) in [5.74, 6) is 0.000822. The van der Waals surface area contributed by atoms with Gasteiger partial charge in [-0.15, -0.1) is 0 Å². The second-order valence-corrected chi connectivity index (χ2v) is 13.8. The zero-order valence-electron chi connectivity index (χ0n) is 25.2. The van der Waals surface area contributed by atoms with Gasteiger partial charge in [0.25, 0.3) is 0 Å². The van der Waals surface area contributed by atoms with Crippen LogP contribution in [0.5, 0.6) is 0 Å². The van der Waals surface area contributed by atoms with Crippen LogP contribution in [0.25, 0.3) is 11.1 Å². The van der Waals surface area contributed by atoms with Crippen molar-refractivity contribution in [2.24, 2.45) is 5.92 Å². The zero-order valence-corrected chi connectivity index (χ0v) is 26.0. The first-order chi connectivity index (χ1) is 19.0. The molecule has 41 heavy (non-hydrogen) atoms. The van der Waals surface area contributed by atoms with Crippen molar-refractivity contribution in [2.75, 3.05) is 11.6 Å². The first-order valence-electron chi connectivity index (χ1n) is 13.7. The van der Waals surface area contributed by atoms with E-state index >= 15 is 0 Å². The number of nitrogens with zero attached hydrogens (tertiary/aromatic N) is 1. The lowest BCUT2D eigenvalue weighted by Crippen LogP contribution is -2.32. The summed E-state index contributed by atoms with van der Waals surface area (Å²) in [7, 11) is -3.42. The fourth-order valence-electron chi connectivity index (χ4n) is 4.52. The third kappa shape index (κ3) is 9.14. The summed E-state index contributed by atoms with van der Waals surface area (Å²) >= 11 is 0. The van der Waals surface area contributed by atoms with Crippen molar-refractivity contribution in [3.05, 3.63) is 76.6 Å². The largest absolute Gasteiger partial charge is 0.444 e. The number of hydrogen-bond acceptors (Lipinski definition) is 6. The molecule has 0 bridgehead atoms. The van der Waals surface area contributed by atoms with E-state index in [4.69, 9.17) is 9.72 Å². The third-order valence-corrected chi connectivity index (χ3v) is 7.44. The van der Waals surface area contributed by atoms with Crippen LogP contribution in [-0.2, 0) is 38.8 Å². The molecule has 2 aromatic carbocycles. The minimum atomic E-state index is -3.42. The number of rotatable bonds is 9. The van der Waals surface area contributed by atoms with Crippen molar-refractivity contribution >= 4 is 27.5 Å². The quantitative estimate of drug-likeness (QED) is 0.313. The van der Waals surface area contributed by atoms with Crippen molar-refractivity contribution in [1.29, 1.82) is 0 Å². The van der Waals surface area contributed by atoms with Crippen LogP contribution >= 0.6 is 0 Å². The normalized spacial score (nSPS) is 11.8. The summed E-state index contributed by atoms with van der Waals surface area (Å²) < 4.78 is 29.5. The van der Waals surface area contributed by atoms with Gasteiger partial charge in [-0.3, -0.25) is 9.78 Å². The van der Waals surface area contributed by atoms with Crippen LogP contribution in [0, 0.1) is 19.8 Å². The van der Waals surface area contributed by atoms with E-state index < -0.39 is 21.5 Å². The predicted molar refractivity (Wildman–Crippen MR) is 163 cm³/mol. The van der Waals surface area contributed by atoms with Gasteiger partial charge in [0.05, 0.1) is 11.3 Å². The van der Waals surface area contributed by atoms with E-state index in [1.807, 2.05) is 58.9 Å². The summed E-state index contributed by atoms with van der Waals surface area (Å²) in [6.45, 7) is 13.7. The average Bonchev–Trinajstić information content (AvgIpc) is 2.83. The summed E-state index contributed by atoms with van der Waals surface area (Å²) in [5, 5.41) is 5.73. The van der Waals surface area contributed by atoms with Crippen LogP contribution in [0.1, 0.15) is 62.7 Å². The van der Waals surface area contributed by atoms with Gasteiger partial charge in [0.1, 0.15) is 5.60 Å². The number of hydrogen-bond donors (Lipinski definition) is 2. The number of sulfone groups is 1. The molecule has 2 amide bonds. The molecule has 0 fully saturated rings. The number of benzene rings is 2. The number of ether oxygens (including phenoxy) is 1. The van der Waals surface area contributed by atoms with Gasteiger partial charge in [0.2, 0.25) is 5.91 Å². The van der Waals surface area contributed by atoms with E-state index in [0.29, 0.717) is 18.0 Å². The van der Waals surface area contributed by atoms with Crippen molar-refractivity contribution < 1.29 is 22.7 Å². The molecule has 3 aromatic rings. The average molecular weight is 580 g/mol. The summed E-state index contributed by atoms with van der Waals surface area (Å²) in [4.78, 5) is 31.0. The maximum absolute atomic E-state index is 13.4. The molecule has 0 spiro atoms. The number of aryl methyl sites for hydroxylation is 2. The Morgan fingerprint density at radius 1 is 1.00 bits per heavy atom. The highest BCUT2D eigenvalue weighted by molar-refractivity contribution is 7.90. The Bertz CT molecular complexity index is 1520. The van der Waals surface area contributed by atoms with Gasteiger partial charge < -0.3 is 15.4 Å². The van der Waals surface area contributed by atoms with Gasteiger partial charge in [-0.05, 0) is 81.8 Å². The molecular formula is C32H41N3O5S. The highest BCUT2D eigenvalue weighted by Crippen LogP contribution is 2.33. The van der Waals surface area contributed by atoms with Crippen LogP contribution in [0.15, 0.2) is 53.4 Å². The van der Waals surface area contributed by atoms with Crippen LogP contribution in [0.4, 0.5) is 10.5 Å². The molecule has 0 radical (unpaired) electrons. The number of carbonyl (C=O) groups is 2. The van der Waals surface area contributed by atoms with E-state index in [-0.39, 0.29) is 23.8 Å². The highest BCUT2D eigenvalue weighted by atomic mass is 32.2. The smallest absolute Gasteiger partial charge is 0.407 e. The first kappa shape index (κ1) is 31.8. The van der Waals surface area contributed by atoms with E-state index in [1.165, 1.54) is 12.1 Å². The number of anilines is 1. The second-order valence-electron chi connectivity index (χ2n) is 11.8. The van der Waals surface area contributed by atoms with Gasteiger partial charge in [0.15, 0.2) is 9.84 Å². The molecule has 9 heteroatoms. The van der Waals surface area contributed by atoms with E-state index in [1.54, 1.807) is 12.1 Å². The van der Waals surface area contributed by atoms with Crippen LogP contribution < -0.4 is 10.6 Å². The van der Waals surface area contributed by atoms with E-state index in [9.17, 15) is 18.0 Å². The molecule has 0 aliphatic heterocycles. The molecule has 3 rings (SSSR count). The van der Waals surface area contributed by atoms with Crippen LogP contribution in [0.3, 0.4) is 0 Å². The number of carbonyl (C=O) groups excluding carboxylic acids is 2. The SMILES string of the molecule is Cc1ccc(-c2c(CC(=O)Nc3cccc(S(C)(=O)=O)c3)c(C)nc(CC(C)C)c2CNC(=O)OC(C)(C)C)cc1. The molecular weight excluding hydrogens is 538 g/mol. The summed E-state index contributed by atoms with van der Waals surface area (Å²) in [6, 6.07) is 14.2. The Kier molecular flexibility index (Phi) is 9.97. The van der Waals surface area contributed by atoms with Gasteiger partial charge in [-0.1, -0.05) is 49.7 Å². The Balaban J connectivity index is 2.09. The Morgan fingerprint density at radius 2 is 1.66 bits per heavy atom.